The Morgan fingerprint density at radius 1 is 1.61 bits per heavy atom. The van der Waals surface area contributed by atoms with Crippen LogP contribution in [0, 0.1) is 10.1 Å². The fourth-order valence-electron chi connectivity index (χ4n) is 1.58. The molecule has 0 aliphatic heterocycles. The number of allylic oxidation sites excluding steroid dienone is 1. The number of carbonyl (C=O) groups excluding carboxylic acids is 1. The summed E-state index contributed by atoms with van der Waals surface area (Å²) >= 11 is 0. The molecule has 0 aliphatic carbocycles. The molecule has 96 valence electrons. The van der Waals surface area contributed by atoms with Crippen LogP contribution in [0.15, 0.2) is 24.8 Å². The van der Waals surface area contributed by atoms with Crippen LogP contribution in [0.4, 0.5) is 11.4 Å². The molecule has 0 fully saturated rings. The van der Waals surface area contributed by atoms with Crippen LogP contribution in [0.2, 0.25) is 0 Å². The van der Waals surface area contributed by atoms with Gasteiger partial charge in [0, 0.05) is 12.1 Å². The number of hydrogen-bond acceptors (Lipinski definition) is 5. The number of ether oxygens (including phenoxy) is 1. The maximum atomic E-state index is 11.7. The zero-order chi connectivity index (χ0) is 13.7. The standard InChI is InChI=1S/C12H14N2O4/c1-3-5-8-6-9(14(16)17)7-10(13)11(8)12(15)18-4-2/h3,6-7H,1,4-5,13H2,2H3. The molecule has 18 heavy (non-hydrogen) atoms. The molecule has 1 aromatic carbocycles. The van der Waals surface area contributed by atoms with Crippen LogP contribution in [-0.2, 0) is 11.2 Å². The highest BCUT2D eigenvalue weighted by Crippen LogP contribution is 2.26. The number of nitrogen functional groups attached to an aromatic ring is 1. The number of benzene rings is 1. The molecular weight excluding hydrogens is 236 g/mol. The smallest absolute Gasteiger partial charge is 0.340 e. The van der Waals surface area contributed by atoms with Crippen LogP contribution in [0.1, 0.15) is 22.8 Å². The summed E-state index contributed by atoms with van der Waals surface area (Å²) < 4.78 is 4.87. The van der Waals surface area contributed by atoms with Gasteiger partial charge in [-0.1, -0.05) is 6.08 Å². The van der Waals surface area contributed by atoms with Gasteiger partial charge in [-0.3, -0.25) is 10.1 Å². The molecule has 0 unspecified atom stereocenters. The van der Waals surface area contributed by atoms with Gasteiger partial charge in [0.15, 0.2) is 0 Å². The lowest BCUT2D eigenvalue weighted by Crippen LogP contribution is -2.12. The molecule has 0 heterocycles. The summed E-state index contributed by atoms with van der Waals surface area (Å²) in [5, 5.41) is 10.7. The third kappa shape index (κ3) is 2.85. The number of non-ortho nitro benzene ring substituents is 1. The molecular formula is C12H14N2O4. The maximum absolute atomic E-state index is 11.7. The van der Waals surface area contributed by atoms with Gasteiger partial charge in [0.25, 0.3) is 5.69 Å². The Morgan fingerprint density at radius 3 is 2.78 bits per heavy atom. The molecule has 0 aliphatic rings. The summed E-state index contributed by atoms with van der Waals surface area (Å²) in [5.74, 6) is -0.582. The highest BCUT2D eigenvalue weighted by atomic mass is 16.6. The van der Waals surface area contributed by atoms with E-state index in [2.05, 4.69) is 6.58 Å². The Labute approximate surface area is 104 Å². The van der Waals surface area contributed by atoms with Gasteiger partial charge in [-0.15, -0.1) is 6.58 Å². The minimum Gasteiger partial charge on any atom is -0.462 e. The second-order valence-corrected chi connectivity index (χ2v) is 3.54. The minimum absolute atomic E-state index is 0.0412. The van der Waals surface area contributed by atoms with E-state index < -0.39 is 10.9 Å². The molecule has 0 radical (unpaired) electrons. The second kappa shape index (κ2) is 5.81. The summed E-state index contributed by atoms with van der Waals surface area (Å²) in [4.78, 5) is 21.9. The van der Waals surface area contributed by atoms with E-state index in [0.717, 1.165) is 6.07 Å². The Kier molecular flexibility index (Phi) is 4.42. The van der Waals surface area contributed by atoms with Crippen molar-refractivity contribution in [2.24, 2.45) is 0 Å². The van der Waals surface area contributed by atoms with Gasteiger partial charge in [-0.25, -0.2) is 4.79 Å². The summed E-state index contributed by atoms with van der Waals surface area (Å²) in [5.41, 5.74) is 6.18. The normalized spacial score (nSPS) is 9.83. The van der Waals surface area contributed by atoms with Crippen molar-refractivity contribution in [2.75, 3.05) is 12.3 Å². The third-order valence-electron chi connectivity index (χ3n) is 2.29. The molecule has 1 aromatic rings. The summed E-state index contributed by atoms with van der Waals surface area (Å²) in [6.07, 6.45) is 1.85. The largest absolute Gasteiger partial charge is 0.462 e. The van der Waals surface area contributed by atoms with Gasteiger partial charge >= 0.3 is 5.97 Å². The van der Waals surface area contributed by atoms with E-state index in [1.807, 2.05) is 0 Å². The predicted molar refractivity (Wildman–Crippen MR) is 67.4 cm³/mol. The summed E-state index contributed by atoms with van der Waals surface area (Å²) in [6.45, 7) is 5.43. The Morgan fingerprint density at radius 2 is 2.28 bits per heavy atom. The highest BCUT2D eigenvalue weighted by Gasteiger charge is 2.20. The van der Waals surface area contributed by atoms with Crippen LogP contribution >= 0.6 is 0 Å². The zero-order valence-electron chi connectivity index (χ0n) is 10.0. The first kappa shape index (κ1) is 13.7. The molecule has 0 saturated carbocycles. The lowest BCUT2D eigenvalue weighted by Gasteiger charge is -2.10. The first-order valence-electron chi connectivity index (χ1n) is 5.36. The molecule has 0 atom stereocenters. The van der Waals surface area contributed by atoms with Crippen LogP contribution in [-0.4, -0.2) is 17.5 Å². The van der Waals surface area contributed by atoms with E-state index in [9.17, 15) is 14.9 Å². The van der Waals surface area contributed by atoms with Crippen molar-refractivity contribution >= 4 is 17.3 Å². The van der Waals surface area contributed by atoms with Crippen LogP contribution < -0.4 is 5.73 Å². The molecule has 0 amide bonds. The number of nitro benzene ring substituents is 1. The average molecular weight is 250 g/mol. The number of rotatable bonds is 5. The number of nitrogens with zero attached hydrogens (tertiary/aromatic N) is 1. The molecule has 0 saturated heterocycles. The zero-order valence-corrected chi connectivity index (χ0v) is 10.0. The molecule has 2 N–H and O–H groups in total. The molecule has 6 nitrogen and oxygen atoms in total. The second-order valence-electron chi connectivity index (χ2n) is 3.54. The van der Waals surface area contributed by atoms with Gasteiger partial charge in [-0.2, -0.15) is 0 Å². The molecule has 6 heteroatoms. The molecule has 0 bridgehead atoms. The topological polar surface area (TPSA) is 95.5 Å². The van der Waals surface area contributed by atoms with E-state index in [-0.39, 0.29) is 23.5 Å². The summed E-state index contributed by atoms with van der Waals surface area (Å²) in [6, 6.07) is 2.46. The Hall–Kier alpha value is -2.37. The van der Waals surface area contributed by atoms with Crippen molar-refractivity contribution in [2.45, 2.75) is 13.3 Å². The number of nitro groups is 1. The summed E-state index contributed by atoms with van der Waals surface area (Å²) in [7, 11) is 0. The van der Waals surface area contributed by atoms with Gasteiger partial charge in [0.05, 0.1) is 22.8 Å². The fourth-order valence-corrected chi connectivity index (χ4v) is 1.58. The van der Waals surface area contributed by atoms with E-state index in [4.69, 9.17) is 10.5 Å². The monoisotopic (exact) mass is 250 g/mol. The quantitative estimate of drug-likeness (QED) is 0.284. The van der Waals surface area contributed by atoms with Gasteiger partial charge in [0.1, 0.15) is 0 Å². The average Bonchev–Trinajstić information content (AvgIpc) is 2.28. The Balaban J connectivity index is 3.35. The van der Waals surface area contributed by atoms with Gasteiger partial charge in [-0.05, 0) is 18.9 Å². The van der Waals surface area contributed by atoms with Crippen molar-refractivity contribution in [1.29, 1.82) is 0 Å². The lowest BCUT2D eigenvalue weighted by atomic mass is 10.0. The van der Waals surface area contributed by atoms with Crippen LogP contribution in [0.3, 0.4) is 0 Å². The van der Waals surface area contributed by atoms with Crippen molar-refractivity contribution in [3.8, 4) is 0 Å². The van der Waals surface area contributed by atoms with E-state index in [1.54, 1.807) is 13.0 Å². The Bertz CT molecular complexity index is 497. The third-order valence-corrected chi connectivity index (χ3v) is 2.29. The number of nitrogens with two attached hydrogens (primary N) is 1. The minimum atomic E-state index is -0.582. The lowest BCUT2D eigenvalue weighted by molar-refractivity contribution is -0.384. The van der Waals surface area contributed by atoms with Crippen molar-refractivity contribution in [3.63, 3.8) is 0 Å². The van der Waals surface area contributed by atoms with Crippen LogP contribution in [0.25, 0.3) is 0 Å². The van der Waals surface area contributed by atoms with Crippen molar-refractivity contribution < 1.29 is 14.5 Å². The van der Waals surface area contributed by atoms with E-state index in [0.29, 0.717) is 12.0 Å². The van der Waals surface area contributed by atoms with Crippen LogP contribution in [0.5, 0.6) is 0 Å². The first-order chi connectivity index (χ1) is 8.51. The first-order valence-corrected chi connectivity index (χ1v) is 5.36. The van der Waals surface area contributed by atoms with Gasteiger partial charge < -0.3 is 10.5 Å². The fraction of sp³-hybridized carbons (Fsp3) is 0.250. The SMILES string of the molecule is C=CCc1cc([N+](=O)[O-])cc(N)c1C(=O)OCC. The van der Waals surface area contributed by atoms with Gasteiger partial charge in [0.2, 0.25) is 0 Å². The number of anilines is 1. The highest BCUT2D eigenvalue weighted by molar-refractivity contribution is 5.97. The van der Waals surface area contributed by atoms with Crippen molar-refractivity contribution in [3.05, 3.63) is 46.0 Å². The van der Waals surface area contributed by atoms with E-state index in [1.165, 1.54) is 6.07 Å². The number of esters is 1. The van der Waals surface area contributed by atoms with E-state index >= 15 is 0 Å². The molecule has 0 aromatic heterocycles. The number of carbonyl (C=O) groups is 1. The maximum Gasteiger partial charge on any atom is 0.340 e. The predicted octanol–water partition coefficient (Wildman–Crippen LogP) is 2.08. The number of hydrogen-bond donors (Lipinski definition) is 1. The molecule has 0 spiro atoms. The van der Waals surface area contributed by atoms with Crippen molar-refractivity contribution in [1.82, 2.24) is 0 Å². The molecule has 1 rings (SSSR count).